The summed E-state index contributed by atoms with van der Waals surface area (Å²) >= 11 is 0. The topological polar surface area (TPSA) is 193 Å². The molecule has 14 heteroatoms. The molecule has 1 aliphatic heterocycles. The Hall–Kier alpha value is -5.41. The summed E-state index contributed by atoms with van der Waals surface area (Å²) in [6, 6.07) is 11.4. The van der Waals surface area contributed by atoms with E-state index < -0.39 is 36.1 Å². The Labute approximate surface area is 282 Å². The minimum absolute atomic E-state index is 0.0513. The van der Waals surface area contributed by atoms with Crippen LogP contribution in [-0.2, 0) is 42.2 Å². The molecule has 4 amide bonds. The third kappa shape index (κ3) is 10.5. The molecular formula is C35H39N5O9. The van der Waals surface area contributed by atoms with E-state index in [2.05, 4.69) is 34.3 Å². The van der Waals surface area contributed by atoms with E-state index in [9.17, 15) is 24.0 Å². The molecule has 3 atom stereocenters. The molecule has 5 N–H and O–H groups in total. The van der Waals surface area contributed by atoms with E-state index >= 15 is 0 Å². The first-order valence-electron chi connectivity index (χ1n) is 15.7. The summed E-state index contributed by atoms with van der Waals surface area (Å²) in [5, 5.41) is 13.7. The van der Waals surface area contributed by atoms with Gasteiger partial charge in [-0.2, -0.15) is 0 Å². The zero-order valence-electron chi connectivity index (χ0n) is 27.3. The van der Waals surface area contributed by atoms with E-state index in [0.29, 0.717) is 29.8 Å². The van der Waals surface area contributed by atoms with Crippen molar-refractivity contribution >= 4 is 34.8 Å². The molecule has 0 radical (unpaired) electrons. The van der Waals surface area contributed by atoms with Gasteiger partial charge in [0.1, 0.15) is 19.3 Å². The fourth-order valence-electron chi connectivity index (χ4n) is 5.22. The van der Waals surface area contributed by atoms with E-state index in [1.807, 2.05) is 24.3 Å². The highest BCUT2D eigenvalue weighted by molar-refractivity contribution is 6.00. The summed E-state index contributed by atoms with van der Waals surface area (Å²) in [4.78, 5) is 59.0. The Balaban J connectivity index is 1.15. The number of nitrogens with zero attached hydrogens (tertiary/aromatic N) is 2. The highest BCUT2D eigenvalue weighted by Gasteiger charge is 2.31. The molecule has 0 saturated carbocycles. The highest BCUT2D eigenvalue weighted by atomic mass is 16.5. The lowest BCUT2D eigenvalue weighted by Crippen LogP contribution is -2.44. The molecule has 0 spiro atoms. The van der Waals surface area contributed by atoms with Crippen LogP contribution in [-0.4, -0.2) is 76.6 Å². The molecule has 1 aromatic heterocycles. The smallest absolute Gasteiger partial charge is 0.404 e. The van der Waals surface area contributed by atoms with Gasteiger partial charge >= 0.3 is 11.8 Å². The second-order valence-electron chi connectivity index (χ2n) is 11.4. The average Bonchev–Trinajstić information content (AvgIpc) is 3.31. The van der Waals surface area contributed by atoms with Crippen molar-refractivity contribution in [3.63, 3.8) is 0 Å². The van der Waals surface area contributed by atoms with E-state index in [1.54, 1.807) is 32.2 Å². The van der Waals surface area contributed by atoms with E-state index in [0.717, 1.165) is 11.1 Å². The van der Waals surface area contributed by atoms with Gasteiger partial charge in [0, 0.05) is 31.0 Å². The molecular weight excluding hydrogens is 634 g/mol. The number of fused-ring (bicyclic) bond motifs is 1. The van der Waals surface area contributed by atoms with Crippen LogP contribution in [0.25, 0.3) is 11.0 Å². The number of imidazole rings is 1. The zero-order valence-corrected chi connectivity index (χ0v) is 27.3. The van der Waals surface area contributed by atoms with Crippen molar-refractivity contribution in [1.82, 2.24) is 19.8 Å². The summed E-state index contributed by atoms with van der Waals surface area (Å²) in [6.07, 6.45) is -0.918. The van der Waals surface area contributed by atoms with Crippen molar-refractivity contribution in [2.75, 3.05) is 26.4 Å². The Bertz CT molecular complexity index is 1860. The summed E-state index contributed by atoms with van der Waals surface area (Å²) in [6.45, 7) is 3.07. The second-order valence-corrected chi connectivity index (χ2v) is 11.4. The minimum atomic E-state index is -1.19. The van der Waals surface area contributed by atoms with Gasteiger partial charge in [0.05, 0.1) is 43.0 Å². The number of hydrogen-bond acceptors (Lipinski definition) is 8. The van der Waals surface area contributed by atoms with Gasteiger partial charge in [-0.15, -0.1) is 0 Å². The molecule has 2 aromatic carbocycles. The van der Waals surface area contributed by atoms with Gasteiger partial charge in [-0.25, -0.2) is 9.59 Å². The Morgan fingerprint density at radius 1 is 1.02 bits per heavy atom. The lowest BCUT2D eigenvalue weighted by Gasteiger charge is -2.24. The number of ether oxygens (including phenoxy) is 3. The van der Waals surface area contributed by atoms with E-state index in [-0.39, 0.29) is 57.1 Å². The summed E-state index contributed by atoms with van der Waals surface area (Å²) < 4.78 is 19.7. The van der Waals surface area contributed by atoms with Crippen LogP contribution < -0.4 is 22.1 Å². The van der Waals surface area contributed by atoms with Crippen LogP contribution in [0.2, 0.25) is 0 Å². The molecule has 4 rings (SSSR count). The van der Waals surface area contributed by atoms with Crippen LogP contribution in [0.1, 0.15) is 55.3 Å². The molecule has 1 fully saturated rings. The molecule has 1 aliphatic rings. The molecule has 14 nitrogen and oxygen atoms in total. The number of nitrogens with two attached hydrogens (primary N) is 1. The fraction of sp³-hybridized carbons (Fsp3) is 0.400. The van der Waals surface area contributed by atoms with Gasteiger partial charge in [-0.1, -0.05) is 35.8 Å². The molecule has 49 heavy (non-hydrogen) atoms. The number of aryl methyl sites for hydroxylation is 1. The first-order chi connectivity index (χ1) is 23.5. The first kappa shape index (κ1) is 36.4. The van der Waals surface area contributed by atoms with Gasteiger partial charge in [0.2, 0.25) is 17.7 Å². The predicted octanol–water partition coefficient (Wildman–Crippen LogP) is 1.56. The predicted molar refractivity (Wildman–Crippen MR) is 178 cm³/mol. The maximum atomic E-state index is 12.9. The molecule has 1 saturated heterocycles. The average molecular weight is 674 g/mol. The van der Waals surface area contributed by atoms with E-state index in [4.69, 9.17) is 25.1 Å². The van der Waals surface area contributed by atoms with Gasteiger partial charge in [-0.3, -0.25) is 28.8 Å². The third-order valence-electron chi connectivity index (χ3n) is 7.84. The highest BCUT2D eigenvalue weighted by Crippen LogP contribution is 2.23. The Kier molecular flexibility index (Phi) is 13.1. The van der Waals surface area contributed by atoms with Gasteiger partial charge in [-0.05, 0) is 55.7 Å². The van der Waals surface area contributed by atoms with Crippen LogP contribution in [0.15, 0.2) is 47.3 Å². The molecule has 0 aliphatic carbocycles. The van der Waals surface area contributed by atoms with Crippen molar-refractivity contribution < 1.29 is 38.5 Å². The number of primary amides is 1. The van der Waals surface area contributed by atoms with Crippen LogP contribution in [0.5, 0.6) is 0 Å². The maximum absolute atomic E-state index is 12.9. The molecule has 3 unspecified atom stereocenters. The number of nitrogens with one attached hydrogen (secondary N) is 2. The number of hydrogen-bond donors (Lipinski definition) is 4. The quantitative estimate of drug-likeness (QED) is 0.112. The number of benzene rings is 2. The lowest BCUT2D eigenvalue weighted by molar-refractivity contribution is -0.135. The SMILES string of the molecule is CC(OCc1ccc(C#CCOCCOCC#Cc2ccc3c(c2)n(C)c(=O)n3C2CCC(=O)NC2=O)cc1)C(CCC(N)=O)NC(=O)O. The fourth-order valence-corrected chi connectivity index (χ4v) is 5.22. The Morgan fingerprint density at radius 2 is 1.67 bits per heavy atom. The second kappa shape index (κ2) is 17.7. The standard InChI is InChI=1S/C35H39N5O9/c1-23(27(37-34(44)45)12-15-31(36)41)49-22-26-9-7-24(8-10-26)5-3-17-47-19-20-48-18-4-6-25-11-13-28-30(21-25)39(2)35(46)40(28)29-14-16-32(42)38-33(29)43/h7-11,13,21,23,27,29,37H,12,14-20,22H2,1-2H3,(H2,36,41)(H,44,45)(H,38,42,43). The molecule has 3 aromatic rings. The van der Waals surface area contributed by atoms with Gasteiger partial charge in [0.25, 0.3) is 0 Å². The van der Waals surface area contributed by atoms with E-state index in [1.165, 1.54) is 9.13 Å². The largest absolute Gasteiger partial charge is 0.465 e. The summed E-state index contributed by atoms with van der Waals surface area (Å²) in [7, 11) is 1.63. The van der Waals surface area contributed by atoms with Crippen LogP contribution in [0.4, 0.5) is 4.79 Å². The number of piperidine rings is 1. The number of aromatic nitrogens is 2. The maximum Gasteiger partial charge on any atom is 0.404 e. The minimum Gasteiger partial charge on any atom is -0.465 e. The van der Waals surface area contributed by atoms with Crippen molar-refractivity contribution in [3.05, 3.63) is 69.6 Å². The molecule has 2 heterocycles. The lowest BCUT2D eigenvalue weighted by atomic mass is 10.1. The Morgan fingerprint density at radius 3 is 2.31 bits per heavy atom. The van der Waals surface area contributed by atoms with Crippen LogP contribution >= 0.6 is 0 Å². The number of imide groups is 1. The number of carbonyl (C=O) groups is 4. The number of rotatable bonds is 14. The number of carbonyl (C=O) groups excluding carboxylic acids is 3. The van der Waals surface area contributed by atoms with Gasteiger partial charge < -0.3 is 30.4 Å². The number of amides is 4. The third-order valence-corrected chi connectivity index (χ3v) is 7.84. The van der Waals surface area contributed by atoms with Crippen molar-refractivity contribution in [2.24, 2.45) is 12.8 Å². The van der Waals surface area contributed by atoms with Crippen molar-refractivity contribution in [1.29, 1.82) is 0 Å². The number of carboxylic acid groups (broad SMARTS) is 1. The monoisotopic (exact) mass is 673 g/mol. The summed E-state index contributed by atoms with van der Waals surface area (Å²) in [5.41, 5.74) is 8.44. The molecule has 0 bridgehead atoms. The normalized spacial score (nSPS) is 15.3. The first-order valence-corrected chi connectivity index (χ1v) is 15.7. The summed E-state index contributed by atoms with van der Waals surface area (Å²) in [5.74, 6) is 10.6. The molecule has 258 valence electrons. The van der Waals surface area contributed by atoms with Crippen LogP contribution in [0.3, 0.4) is 0 Å². The zero-order chi connectivity index (χ0) is 35.3. The van der Waals surface area contributed by atoms with Crippen molar-refractivity contribution in [2.45, 2.75) is 57.4 Å². The van der Waals surface area contributed by atoms with Crippen molar-refractivity contribution in [3.8, 4) is 23.7 Å². The van der Waals surface area contributed by atoms with Crippen LogP contribution in [0, 0.1) is 23.7 Å². The van der Waals surface area contributed by atoms with Gasteiger partial charge in [0.15, 0.2) is 0 Å².